The summed E-state index contributed by atoms with van der Waals surface area (Å²) in [6.45, 7) is 3.08. The van der Waals surface area contributed by atoms with E-state index in [1.165, 1.54) is 19.3 Å². The van der Waals surface area contributed by atoms with Gasteiger partial charge in [-0.15, -0.1) is 0 Å². The third kappa shape index (κ3) is 4.77. The Kier molecular flexibility index (Phi) is 7.03. The number of sulfone groups is 1. The first-order chi connectivity index (χ1) is 18.4. The average molecular weight is 541 g/mol. The molecule has 0 bridgehead atoms. The van der Waals surface area contributed by atoms with Crippen molar-refractivity contribution in [1.82, 2.24) is 19.6 Å². The van der Waals surface area contributed by atoms with Crippen molar-refractivity contribution in [3.05, 3.63) is 35.5 Å². The summed E-state index contributed by atoms with van der Waals surface area (Å²) in [6.07, 6.45) is 8.23. The van der Waals surface area contributed by atoms with E-state index in [1.54, 1.807) is 23.1 Å². The zero-order chi connectivity index (χ0) is 26.3. The summed E-state index contributed by atoms with van der Waals surface area (Å²) in [5, 5.41) is 4.85. The molecule has 3 aliphatic heterocycles. The van der Waals surface area contributed by atoms with E-state index in [9.17, 15) is 18.0 Å². The van der Waals surface area contributed by atoms with Gasteiger partial charge in [0.15, 0.2) is 15.5 Å². The van der Waals surface area contributed by atoms with Crippen molar-refractivity contribution in [2.24, 2.45) is 5.92 Å². The van der Waals surface area contributed by atoms with E-state index in [0.717, 1.165) is 32.2 Å². The molecule has 1 aromatic heterocycles. The Morgan fingerprint density at radius 2 is 1.71 bits per heavy atom. The van der Waals surface area contributed by atoms with Gasteiger partial charge in [0, 0.05) is 43.7 Å². The molecule has 0 radical (unpaired) electrons. The summed E-state index contributed by atoms with van der Waals surface area (Å²) in [6, 6.07) is 6.88. The van der Waals surface area contributed by atoms with E-state index in [-0.39, 0.29) is 34.2 Å². The van der Waals surface area contributed by atoms with Gasteiger partial charge in [-0.2, -0.15) is 5.10 Å². The summed E-state index contributed by atoms with van der Waals surface area (Å²) < 4.78 is 33.8. The molecule has 9 nitrogen and oxygen atoms in total. The minimum Gasteiger partial charge on any atom is -0.378 e. The van der Waals surface area contributed by atoms with Crippen molar-refractivity contribution in [2.45, 2.75) is 68.1 Å². The van der Waals surface area contributed by atoms with Crippen LogP contribution in [0.5, 0.6) is 0 Å². The van der Waals surface area contributed by atoms with Crippen LogP contribution in [-0.2, 0) is 25.1 Å². The molecule has 0 spiro atoms. The molecule has 4 aliphatic rings. The molecule has 0 N–H and O–H groups in total. The summed E-state index contributed by atoms with van der Waals surface area (Å²) in [5.74, 6) is 0.181. The second kappa shape index (κ2) is 10.4. The Hall–Kier alpha value is -2.72. The van der Waals surface area contributed by atoms with Crippen LogP contribution < -0.4 is 0 Å². The van der Waals surface area contributed by atoms with Crippen molar-refractivity contribution in [2.75, 3.05) is 39.4 Å². The molecule has 1 saturated carbocycles. The number of likely N-dealkylation sites (tertiary alicyclic amines) is 1. The Morgan fingerprint density at radius 1 is 0.947 bits per heavy atom. The molecule has 204 valence electrons. The van der Waals surface area contributed by atoms with Gasteiger partial charge in [0.05, 0.1) is 35.6 Å². The highest BCUT2D eigenvalue weighted by atomic mass is 32.2. The highest BCUT2D eigenvalue weighted by molar-refractivity contribution is 7.90. The van der Waals surface area contributed by atoms with Crippen LogP contribution in [0.2, 0.25) is 0 Å². The molecule has 3 fully saturated rings. The van der Waals surface area contributed by atoms with Crippen LogP contribution in [0, 0.1) is 5.92 Å². The first-order valence-corrected chi connectivity index (χ1v) is 15.7. The van der Waals surface area contributed by atoms with E-state index < -0.39 is 9.84 Å². The number of benzene rings is 1. The Bertz CT molecular complexity index is 1320. The van der Waals surface area contributed by atoms with Gasteiger partial charge < -0.3 is 14.5 Å². The molecular formula is C28H36N4O5S. The predicted molar refractivity (Wildman–Crippen MR) is 141 cm³/mol. The molecule has 4 heterocycles. The minimum atomic E-state index is -3.61. The molecule has 38 heavy (non-hydrogen) atoms. The zero-order valence-electron chi connectivity index (χ0n) is 21.8. The Labute approximate surface area is 224 Å². The molecule has 2 saturated heterocycles. The second-order valence-electron chi connectivity index (χ2n) is 11.1. The van der Waals surface area contributed by atoms with Crippen LogP contribution in [0.25, 0.3) is 11.3 Å². The number of morpholine rings is 1. The standard InChI is InChI=1S/C28H36N4O5S/c33-25(17-20-7-2-1-3-8-20)31-12-6-9-21(18-31)32-27-22-10-4-5-11-24(22)38(35,36)19-23(27)26(29-32)28(34)30-13-15-37-16-14-30/h4-5,10-11,20-21H,1-3,6-9,12-19H2. The smallest absolute Gasteiger partial charge is 0.274 e. The third-order valence-electron chi connectivity index (χ3n) is 8.60. The van der Waals surface area contributed by atoms with E-state index >= 15 is 0 Å². The number of piperidine rings is 1. The molecule has 2 amide bonds. The lowest BCUT2D eigenvalue weighted by atomic mass is 9.86. The number of ether oxygens (including phenoxy) is 1. The number of carbonyl (C=O) groups is 2. The first kappa shape index (κ1) is 25.6. The fourth-order valence-electron chi connectivity index (χ4n) is 6.59. The van der Waals surface area contributed by atoms with Gasteiger partial charge in [-0.25, -0.2) is 8.42 Å². The number of hydrogen-bond acceptors (Lipinski definition) is 6. The number of hydrogen-bond donors (Lipinski definition) is 0. The van der Waals surface area contributed by atoms with Gasteiger partial charge in [0.25, 0.3) is 5.91 Å². The average Bonchev–Trinajstić information content (AvgIpc) is 3.32. The van der Waals surface area contributed by atoms with Crippen molar-refractivity contribution >= 4 is 21.7 Å². The highest BCUT2D eigenvalue weighted by Crippen LogP contribution is 2.42. The molecule has 10 heteroatoms. The molecule has 2 aromatic rings. The summed E-state index contributed by atoms with van der Waals surface area (Å²) in [5.41, 5.74) is 1.99. The van der Waals surface area contributed by atoms with E-state index in [2.05, 4.69) is 0 Å². The molecule has 1 aliphatic carbocycles. The number of carbonyl (C=O) groups excluding carboxylic acids is 2. The summed E-state index contributed by atoms with van der Waals surface area (Å²) in [7, 11) is -3.61. The van der Waals surface area contributed by atoms with Crippen LogP contribution in [-0.4, -0.2) is 79.2 Å². The fraction of sp³-hybridized carbons (Fsp3) is 0.607. The number of fused-ring (bicyclic) bond motifs is 3. The fourth-order valence-corrected chi connectivity index (χ4v) is 8.19. The monoisotopic (exact) mass is 540 g/mol. The van der Waals surface area contributed by atoms with Crippen LogP contribution in [0.15, 0.2) is 29.2 Å². The first-order valence-electron chi connectivity index (χ1n) is 14.0. The maximum Gasteiger partial charge on any atom is 0.274 e. The molecule has 1 aromatic carbocycles. The second-order valence-corrected chi connectivity index (χ2v) is 13.1. The Morgan fingerprint density at radius 3 is 2.50 bits per heavy atom. The Balaban J connectivity index is 1.35. The van der Waals surface area contributed by atoms with Crippen molar-refractivity contribution < 1.29 is 22.7 Å². The number of rotatable bonds is 4. The molecule has 1 unspecified atom stereocenters. The third-order valence-corrected chi connectivity index (χ3v) is 10.3. The van der Waals surface area contributed by atoms with Crippen molar-refractivity contribution in [1.29, 1.82) is 0 Å². The number of amides is 2. The predicted octanol–water partition coefficient (Wildman–Crippen LogP) is 3.44. The van der Waals surface area contributed by atoms with Crippen LogP contribution >= 0.6 is 0 Å². The van der Waals surface area contributed by atoms with Crippen LogP contribution in [0.1, 0.15) is 73.5 Å². The molecule has 6 rings (SSSR count). The van der Waals surface area contributed by atoms with Crippen molar-refractivity contribution in [3.8, 4) is 11.3 Å². The topological polar surface area (TPSA) is 102 Å². The lowest BCUT2D eigenvalue weighted by Gasteiger charge is -2.35. The van der Waals surface area contributed by atoms with Gasteiger partial charge >= 0.3 is 0 Å². The minimum absolute atomic E-state index is 0.118. The maximum atomic E-state index is 13.6. The van der Waals surface area contributed by atoms with Crippen LogP contribution in [0.4, 0.5) is 0 Å². The van der Waals surface area contributed by atoms with Gasteiger partial charge in [-0.3, -0.25) is 14.3 Å². The quantitative estimate of drug-likeness (QED) is 0.589. The van der Waals surface area contributed by atoms with E-state index in [1.807, 2.05) is 15.6 Å². The number of aromatic nitrogens is 2. The molecular weight excluding hydrogens is 504 g/mol. The highest BCUT2D eigenvalue weighted by Gasteiger charge is 2.39. The summed E-state index contributed by atoms with van der Waals surface area (Å²) in [4.78, 5) is 30.8. The maximum absolute atomic E-state index is 13.6. The largest absolute Gasteiger partial charge is 0.378 e. The lowest BCUT2D eigenvalue weighted by Crippen LogP contribution is -2.42. The van der Waals surface area contributed by atoms with Gasteiger partial charge in [-0.05, 0) is 37.7 Å². The van der Waals surface area contributed by atoms with Gasteiger partial charge in [0.1, 0.15) is 0 Å². The number of nitrogens with zero attached hydrogens (tertiary/aromatic N) is 4. The zero-order valence-corrected chi connectivity index (χ0v) is 22.6. The lowest BCUT2D eigenvalue weighted by molar-refractivity contribution is -0.134. The van der Waals surface area contributed by atoms with Crippen LogP contribution in [0.3, 0.4) is 0 Å². The molecule has 1 atom stereocenters. The van der Waals surface area contributed by atoms with Gasteiger partial charge in [0.2, 0.25) is 5.91 Å². The SMILES string of the molecule is O=C(CC1CCCCC1)N1CCCC(n2nc(C(=O)N3CCOCC3)c3c2-c2ccccc2S(=O)(=O)C3)C1. The van der Waals surface area contributed by atoms with Crippen molar-refractivity contribution in [3.63, 3.8) is 0 Å². The summed E-state index contributed by atoms with van der Waals surface area (Å²) >= 11 is 0. The van der Waals surface area contributed by atoms with Gasteiger partial charge in [-0.1, -0.05) is 37.5 Å². The normalized spacial score (nSPS) is 23.5. The van der Waals surface area contributed by atoms with E-state index in [4.69, 9.17) is 9.84 Å². The van der Waals surface area contributed by atoms with E-state index in [0.29, 0.717) is 62.0 Å².